The van der Waals surface area contributed by atoms with Crippen molar-refractivity contribution in [3.63, 3.8) is 0 Å². The maximum absolute atomic E-state index is 11.9. The zero-order valence-corrected chi connectivity index (χ0v) is 15.6. The second-order valence-corrected chi connectivity index (χ2v) is 6.29. The molecule has 130 valence electrons. The number of rotatable bonds is 6. The Morgan fingerprint density at radius 3 is 2.83 bits per heavy atom. The van der Waals surface area contributed by atoms with Crippen LogP contribution in [0.1, 0.15) is 11.5 Å². The van der Waals surface area contributed by atoms with Crippen molar-refractivity contribution in [1.82, 2.24) is 20.1 Å². The number of aryl methyl sites for hydroxylation is 1. The molecule has 1 amide bonds. The monoisotopic (exact) mass is 395 g/mol. The highest BCUT2D eigenvalue weighted by Crippen LogP contribution is 2.14. The summed E-state index contributed by atoms with van der Waals surface area (Å²) in [5.74, 6) is 1.25. The van der Waals surface area contributed by atoms with Gasteiger partial charge in [0.15, 0.2) is 5.96 Å². The third kappa shape index (κ3) is 5.16. The van der Waals surface area contributed by atoms with E-state index in [0.717, 1.165) is 15.9 Å². The van der Waals surface area contributed by atoms with Gasteiger partial charge >= 0.3 is 0 Å². The lowest BCUT2D eigenvalue weighted by Gasteiger charge is -2.22. The second kappa shape index (κ2) is 8.58. The van der Waals surface area contributed by atoms with Crippen LogP contribution in [-0.4, -0.2) is 42.0 Å². The number of carbonyl (C=O) groups is 1. The molecule has 0 saturated heterocycles. The Bertz CT molecular complexity index is 693. The van der Waals surface area contributed by atoms with Crippen molar-refractivity contribution in [3.8, 4) is 0 Å². The lowest BCUT2D eigenvalue weighted by Crippen LogP contribution is -2.43. The molecule has 0 unspecified atom stereocenters. The predicted molar refractivity (Wildman–Crippen MR) is 96.5 cm³/mol. The van der Waals surface area contributed by atoms with E-state index in [4.69, 9.17) is 4.42 Å². The highest BCUT2D eigenvalue weighted by Gasteiger charge is 2.11. The average molecular weight is 396 g/mol. The van der Waals surface area contributed by atoms with E-state index in [9.17, 15) is 4.79 Å². The molecule has 0 aliphatic heterocycles. The summed E-state index contributed by atoms with van der Waals surface area (Å²) in [7, 11) is 5.61. The molecule has 0 spiro atoms. The molecule has 24 heavy (non-hydrogen) atoms. The van der Waals surface area contributed by atoms with Gasteiger partial charge in [0, 0.05) is 37.5 Å². The van der Waals surface area contributed by atoms with Crippen LogP contribution in [0.3, 0.4) is 0 Å². The molecule has 2 rings (SSSR count). The van der Waals surface area contributed by atoms with Crippen molar-refractivity contribution >= 4 is 27.8 Å². The number of aliphatic imine (C=N–C) groups is 1. The van der Waals surface area contributed by atoms with E-state index in [1.165, 1.54) is 0 Å². The van der Waals surface area contributed by atoms with Gasteiger partial charge in [-0.15, -0.1) is 0 Å². The number of nitrogens with one attached hydrogen (secondary N) is 2. The number of guanidine groups is 1. The number of amides is 1. The molecule has 0 atom stereocenters. The van der Waals surface area contributed by atoms with Crippen LogP contribution in [0.25, 0.3) is 0 Å². The van der Waals surface area contributed by atoms with Crippen LogP contribution >= 0.6 is 15.9 Å². The molecule has 0 fully saturated rings. The van der Waals surface area contributed by atoms with Crippen LogP contribution in [0.5, 0.6) is 0 Å². The predicted octanol–water partition coefficient (Wildman–Crippen LogP) is 1.70. The van der Waals surface area contributed by atoms with E-state index in [1.807, 2.05) is 35.8 Å². The van der Waals surface area contributed by atoms with E-state index in [1.54, 1.807) is 19.4 Å². The summed E-state index contributed by atoms with van der Waals surface area (Å²) in [4.78, 5) is 18.1. The molecule has 0 aromatic carbocycles. The normalized spacial score (nSPS) is 11.4. The number of carbonyl (C=O) groups excluding carboxylic acids is 1. The first kappa shape index (κ1) is 18.1. The fraction of sp³-hybridized carbons (Fsp3) is 0.375. The minimum atomic E-state index is -0.123. The topological polar surface area (TPSA) is 74.8 Å². The fourth-order valence-electron chi connectivity index (χ4n) is 2.25. The van der Waals surface area contributed by atoms with Crippen LogP contribution in [0.15, 0.2) is 44.5 Å². The van der Waals surface area contributed by atoms with Crippen LogP contribution < -0.4 is 10.6 Å². The first-order valence-corrected chi connectivity index (χ1v) is 8.30. The lowest BCUT2D eigenvalue weighted by molar-refractivity contribution is -0.120. The van der Waals surface area contributed by atoms with Crippen LogP contribution in [0.4, 0.5) is 0 Å². The van der Waals surface area contributed by atoms with Gasteiger partial charge in [-0.1, -0.05) is 0 Å². The van der Waals surface area contributed by atoms with E-state index in [2.05, 4.69) is 37.6 Å². The largest absolute Gasteiger partial charge is 0.467 e. The average Bonchev–Trinajstić information content (AvgIpc) is 3.16. The summed E-state index contributed by atoms with van der Waals surface area (Å²) >= 11 is 3.46. The molecule has 0 radical (unpaired) electrons. The van der Waals surface area contributed by atoms with E-state index < -0.39 is 0 Å². The highest BCUT2D eigenvalue weighted by molar-refractivity contribution is 9.10. The molecule has 0 aliphatic carbocycles. The molecule has 2 aromatic rings. The summed E-state index contributed by atoms with van der Waals surface area (Å²) in [6.45, 7) is 1.20. The van der Waals surface area contributed by atoms with Gasteiger partial charge in [0.1, 0.15) is 5.76 Å². The van der Waals surface area contributed by atoms with E-state index in [0.29, 0.717) is 19.0 Å². The molecule has 8 heteroatoms. The molecule has 0 bridgehead atoms. The standard InChI is InChI=1S/C16H22BrN5O2/c1-18-16(22(3)11-13-7-12(17)10-21(13)2)20-9-15(23)19-8-14-5-4-6-24-14/h4-7,10H,8-9,11H2,1-3H3,(H,18,20)(H,19,23). The van der Waals surface area contributed by atoms with Crippen LogP contribution in [-0.2, 0) is 24.9 Å². The van der Waals surface area contributed by atoms with Gasteiger partial charge in [0.25, 0.3) is 0 Å². The number of nitrogens with zero attached hydrogens (tertiary/aromatic N) is 3. The van der Waals surface area contributed by atoms with Gasteiger partial charge in [-0.05, 0) is 34.1 Å². The molecule has 2 aromatic heterocycles. The third-order valence-corrected chi connectivity index (χ3v) is 3.93. The molecule has 0 aliphatic rings. The quantitative estimate of drug-likeness (QED) is 0.576. The molecular weight excluding hydrogens is 374 g/mol. The number of aromatic nitrogens is 1. The molecule has 2 N–H and O–H groups in total. The highest BCUT2D eigenvalue weighted by atomic mass is 79.9. The summed E-state index contributed by atoms with van der Waals surface area (Å²) in [5, 5.41) is 5.84. The van der Waals surface area contributed by atoms with Crippen molar-refractivity contribution in [2.75, 3.05) is 20.6 Å². The summed E-state index contributed by atoms with van der Waals surface area (Å²) in [5.41, 5.74) is 1.13. The second-order valence-electron chi connectivity index (χ2n) is 5.37. The Morgan fingerprint density at radius 2 is 2.25 bits per heavy atom. The minimum Gasteiger partial charge on any atom is -0.467 e. The van der Waals surface area contributed by atoms with Crippen LogP contribution in [0.2, 0.25) is 0 Å². The Morgan fingerprint density at radius 1 is 1.46 bits per heavy atom. The van der Waals surface area contributed by atoms with Gasteiger partial charge in [0.2, 0.25) is 5.91 Å². The fourth-order valence-corrected chi connectivity index (χ4v) is 2.82. The number of hydrogen-bond acceptors (Lipinski definition) is 3. The first-order chi connectivity index (χ1) is 11.5. The van der Waals surface area contributed by atoms with Gasteiger partial charge < -0.3 is 24.5 Å². The lowest BCUT2D eigenvalue weighted by atomic mass is 10.4. The summed E-state index contributed by atoms with van der Waals surface area (Å²) in [6.07, 6.45) is 3.58. The molecule has 7 nitrogen and oxygen atoms in total. The Labute approximate surface area is 149 Å². The van der Waals surface area contributed by atoms with Crippen molar-refractivity contribution in [2.45, 2.75) is 13.1 Å². The van der Waals surface area contributed by atoms with Gasteiger partial charge in [-0.2, -0.15) is 0 Å². The van der Waals surface area contributed by atoms with Crippen molar-refractivity contribution in [2.24, 2.45) is 12.0 Å². The Kier molecular flexibility index (Phi) is 6.48. The molecule has 2 heterocycles. The Balaban J connectivity index is 1.80. The zero-order valence-electron chi connectivity index (χ0n) is 14.0. The van der Waals surface area contributed by atoms with E-state index >= 15 is 0 Å². The minimum absolute atomic E-state index is 0.123. The zero-order chi connectivity index (χ0) is 17.5. The van der Waals surface area contributed by atoms with E-state index in [-0.39, 0.29) is 12.5 Å². The third-order valence-electron chi connectivity index (χ3n) is 3.49. The number of hydrogen-bond donors (Lipinski definition) is 2. The Hall–Kier alpha value is -2.22. The van der Waals surface area contributed by atoms with Gasteiger partial charge in [0.05, 0.1) is 25.9 Å². The van der Waals surface area contributed by atoms with Crippen LogP contribution in [0, 0.1) is 0 Å². The van der Waals surface area contributed by atoms with Gasteiger partial charge in [-0.3, -0.25) is 9.79 Å². The smallest absolute Gasteiger partial charge is 0.239 e. The first-order valence-electron chi connectivity index (χ1n) is 7.51. The molecular formula is C16H22BrN5O2. The SMILES string of the molecule is CN=C(NCC(=O)NCc1ccco1)N(C)Cc1cc(Br)cn1C. The maximum atomic E-state index is 11.9. The van der Waals surface area contributed by atoms with Crippen molar-refractivity contribution in [3.05, 3.63) is 46.6 Å². The maximum Gasteiger partial charge on any atom is 0.239 e. The van der Waals surface area contributed by atoms with Crippen molar-refractivity contribution in [1.29, 1.82) is 0 Å². The van der Waals surface area contributed by atoms with Gasteiger partial charge in [-0.25, -0.2) is 0 Å². The number of furan rings is 1. The van der Waals surface area contributed by atoms with Crippen molar-refractivity contribution < 1.29 is 9.21 Å². The number of halogens is 1. The summed E-state index contributed by atoms with van der Waals surface area (Å²) in [6, 6.07) is 5.66. The molecule has 0 saturated carbocycles. The summed E-state index contributed by atoms with van der Waals surface area (Å²) < 4.78 is 8.26.